The van der Waals surface area contributed by atoms with Gasteiger partial charge in [-0.25, -0.2) is 4.79 Å². The van der Waals surface area contributed by atoms with Gasteiger partial charge in [-0.2, -0.15) is 13.2 Å². The molecule has 1 aromatic carbocycles. The smallest absolute Gasteiger partial charge is 0.490 e. The SMILES string of the molecule is COc1ccc(CC(=O)N2CCC3(CC2)CC(N(C)C)C3)cc1.O=C(O)C(F)(F)F. The average molecular weight is 430 g/mol. The highest BCUT2D eigenvalue weighted by Crippen LogP contribution is 2.50. The van der Waals surface area contributed by atoms with Gasteiger partial charge in [0, 0.05) is 19.1 Å². The second kappa shape index (κ2) is 9.68. The lowest BCUT2D eigenvalue weighted by Crippen LogP contribution is -2.54. The van der Waals surface area contributed by atoms with Crippen molar-refractivity contribution in [1.29, 1.82) is 0 Å². The quantitative estimate of drug-likeness (QED) is 0.795. The number of rotatable bonds is 4. The molecule has 30 heavy (non-hydrogen) atoms. The fourth-order valence-corrected chi connectivity index (χ4v) is 3.97. The molecule has 0 radical (unpaired) electrons. The number of hydrogen-bond acceptors (Lipinski definition) is 4. The molecule has 1 saturated heterocycles. The number of ether oxygens (including phenoxy) is 1. The summed E-state index contributed by atoms with van der Waals surface area (Å²) in [6.45, 7) is 1.85. The third-order valence-electron chi connectivity index (χ3n) is 6.00. The van der Waals surface area contributed by atoms with Crippen molar-refractivity contribution in [3.05, 3.63) is 29.8 Å². The Morgan fingerprint density at radius 3 is 2.07 bits per heavy atom. The van der Waals surface area contributed by atoms with Gasteiger partial charge in [0.2, 0.25) is 5.91 Å². The molecular formula is C21H29F3N2O4. The number of carboxylic acid groups (broad SMARTS) is 1. The largest absolute Gasteiger partial charge is 0.497 e. The number of benzene rings is 1. The van der Waals surface area contributed by atoms with Gasteiger partial charge >= 0.3 is 12.1 Å². The van der Waals surface area contributed by atoms with E-state index >= 15 is 0 Å². The van der Waals surface area contributed by atoms with Gasteiger partial charge < -0.3 is 19.6 Å². The molecule has 1 aliphatic carbocycles. The summed E-state index contributed by atoms with van der Waals surface area (Å²) in [4.78, 5) is 25.8. The first kappa shape index (κ1) is 24.0. The van der Waals surface area contributed by atoms with E-state index in [1.54, 1.807) is 7.11 Å². The van der Waals surface area contributed by atoms with E-state index in [4.69, 9.17) is 14.6 Å². The zero-order valence-corrected chi connectivity index (χ0v) is 17.5. The van der Waals surface area contributed by atoms with Gasteiger partial charge in [0.15, 0.2) is 0 Å². The number of carboxylic acids is 1. The summed E-state index contributed by atoms with van der Waals surface area (Å²) in [5.41, 5.74) is 1.58. The van der Waals surface area contributed by atoms with Crippen LogP contribution in [0.2, 0.25) is 0 Å². The minimum Gasteiger partial charge on any atom is -0.497 e. The first-order valence-corrected chi connectivity index (χ1v) is 9.83. The average Bonchev–Trinajstić information content (AvgIpc) is 2.66. The Kier molecular flexibility index (Phi) is 7.74. The number of likely N-dealkylation sites (tertiary alicyclic amines) is 1. The lowest BCUT2D eigenvalue weighted by molar-refractivity contribution is -0.192. The topological polar surface area (TPSA) is 70.1 Å². The van der Waals surface area contributed by atoms with Crippen LogP contribution in [0.15, 0.2) is 24.3 Å². The molecule has 1 N–H and O–H groups in total. The van der Waals surface area contributed by atoms with E-state index in [0.717, 1.165) is 30.4 Å². The van der Waals surface area contributed by atoms with E-state index in [1.165, 1.54) is 25.7 Å². The molecule has 1 saturated carbocycles. The van der Waals surface area contributed by atoms with E-state index < -0.39 is 12.1 Å². The monoisotopic (exact) mass is 430 g/mol. The predicted molar refractivity (Wildman–Crippen MR) is 105 cm³/mol. The number of piperidine rings is 1. The number of carbonyl (C=O) groups excluding carboxylic acids is 1. The standard InChI is InChI=1S/C19H28N2O2.C2HF3O2/c1-20(2)16-13-19(14-16)8-10-21(11-9-19)18(22)12-15-4-6-17(23-3)7-5-15;3-2(4,5)1(6)7/h4-7,16H,8-14H2,1-3H3;(H,6,7). The summed E-state index contributed by atoms with van der Waals surface area (Å²) in [6.07, 6.45) is 0.371. The predicted octanol–water partition coefficient (Wildman–Crippen LogP) is 3.20. The van der Waals surface area contributed by atoms with Gasteiger partial charge in [-0.15, -0.1) is 0 Å². The van der Waals surface area contributed by atoms with Crippen molar-refractivity contribution in [1.82, 2.24) is 9.80 Å². The fraction of sp³-hybridized carbons (Fsp3) is 0.619. The second-order valence-corrected chi connectivity index (χ2v) is 8.23. The van der Waals surface area contributed by atoms with Crippen LogP contribution in [-0.4, -0.2) is 73.3 Å². The summed E-state index contributed by atoms with van der Waals surface area (Å²) in [5, 5.41) is 7.12. The number of carbonyl (C=O) groups is 2. The molecule has 0 unspecified atom stereocenters. The summed E-state index contributed by atoms with van der Waals surface area (Å²) in [6, 6.07) is 8.55. The first-order chi connectivity index (χ1) is 14.0. The van der Waals surface area contributed by atoms with E-state index in [9.17, 15) is 18.0 Å². The van der Waals surface area contributed by atoms with Crippen LogP contribution in [0.5, 0.6) is 5.75 Å². The van der Waals surface area contributed by atoms with E-state index in [0.29, 0.717) is 11.8 Å². The summed E-state index contributed by atoms with van der Waals surface area (Å²) >= 11 is 0. The molecule has 1 heterocycles. The maximum atomic E-state index is 12.5. The molecule has 0 atom stereocenters. The number of hydrogen-bond donors (Lipinski definition) is 1. The molecule has 1 aromatic rings. The highest BCUT2D eigenvalue weighted by Gasteiger charge is 2.46. The van der Waals surface area contributed by atoms with Gasteiger partial charge in [-0.05, 0) is 62.9 Å². The van der Waals surface area contributed by atoms with Crippen LogP contribution < -0.4 is 4.74 Å². The summed E-state index contributed by atoms with van der Waals surface area (Å²) in [7, 11) is 6.00. The Hall–Kier alpha value is -2.29. The Balaban J connectivity index is 0.000000396. The van der Waals surface area contributed by atoms with E-state index in [1.807, 2.05) is 24.3 Å². The van der Waals surface area contributed by atoms with Crippen LogP contribution in [0.3, 0.4) is 0 Å². The van der Waals surface area contributed by atoms with Crippen molar-refractivity contribution in [3.63, 3.8) is 0 Å². The van der Waals surface area contributed by atoms with Crippen LogP contribution >= 0.6 is 0 Å². The molecular weight excluding hydrogens is 401 g/mol. The molecule has 1 spiro atoms. The molecule has 2 fully saturated rings. The second-order valence-electron chi connectivity index (χ2n) is 8.23. The highest BCUT2D eigenvalue weighted by atomic mass is 19.4. The number of amides is 1. The van der Waals surface area contributed by atoms with Crippen molar-refractivity contribution in [2.24, 2.45) is 5.41 Å². The van der Waals surface area contributed by atoms with Gasteiger partial charge in [-0.3, -0.25) is 4.79 Å². The Morgan fingerprint density at radius 1 is 1.17 bits per heavy atom. The van der Waals surface area contributed by atoms with Gasteiger partial charge in [0.05, 0.1) is 13.5 Å². The highest BCUT2D eigenvalue weighted by molar-refractivity contribution is 5.79. The van der Waals surface area contributed by atoms with Gasteiger partial charge in [0.25, 0.3) is 0 Å². The molecule has 6 nitrogen and oxygen atoms in total. The molecule has 1 aliphatic heterocycles. The maximum Gasteiger partial charge on any atom is 0.490 e. The normalized spacial score (nSPS) is 18.4. The number of halogens is 3. The van der Waals surface area contributed by atoms with E-state index in [-0.39, 0.29) is 5.91 Å². The number of nitrogens with zero attached hydrogens (tertiary/aromatic N) is 2. The van der Waals surface area contributed by atoms with Crippen molar-refractivity contribution in [2.45, 2.75) is 44.3 Å². The Bertz CT molecular complexity index is 719. The summed E-state index contributed by atoms with van der Waals surface area (Å²) in [5.74, 6) is -1.66. The van der Waals surface area contributed by atoms with E-state index in [2.05, 4.69) is 23.9 Å². The number of aliphatic carboxylic acids is 1. The first-order valence-electron chi connectivity index (χ1n) is 9.83. The molecule has 3 rings (SSSR count). The van der Waals surface area contributed by atoms with Gasteiger partial charge in [0.1, 0.15) is 5.75 Å². The minimum absolute atomic E-state index is 0.258. The molecule has 168 valence electrons. The minimum atomic E-state index is -5.08. The maximum absolute atomic E-state index is 12.5. The molecule has 0 bridgehead atoms. The van der Waals surface area contributed by atoms with Crippen molar-refractivity contribution >= 4 is 11.9 Å². The molecule has 1 amide bonds. The number of methoxy groups -OCH3 is 1. The van der Waals surface area contributed by atoms with Crippen LogP contribution in [0.25, 0.3) is 0 Å². The Morgan fingerprint density at radius 2 is 1.67 bits per heavy atom. The van der Waals surface area contributed by atoms with Gasteiger partial charge in [-0.1, -0.05) is 12.1 Å². The lowest BCUT2D eigenvalue weighted by Gasteiger charge is -2.54. The fourth-order valence-electron chi connectivity index (χ4n) is 3.97. The third kappa shape index (κ3) is 6.35. The Labute approximate surface area is 174 Å². The van der Waals surface area contributed by atoms with Crippen LogP contribution in [0.4, 0.5) is 13.2 Å². The molecule has 9 heteroatoms. The zero-order chi connectivity index (χ0) is 22.5. The van der Waals surface area contributed by atoms with Crippen molar-refractivity contribution in [3.8, 4) is 5.75 Å². The van der Waals surface area contributed by atoms with Crippen LogP contribution in [0.1, 0.15) is 31.2 Å². The van der Waals surface area contributed by atoms with Crippen LogP contribution in [0, 0.1) is 5.41 Å². The zero-order valence-electron chi connectivity index (χ0n) is 17.5. The summed E-state index contributed by atoms with van der Waals surface area (Å²) < 4.78 is 36.9. The third-order valence-corrected chi connectivity index (χ3v) is 6.00. The number of alkyl halides is 3. The van der Waals surface area contributed by atoms with Crippen molar-refractivity contribution < 1.29 is 32.6 Å². The van der Waals surface area contributed by atoms with Crippen molar-refractivity contribution in [2.75, 3.05) is 34.3 Å². The molecule has 2 aliphatic rings. The lowest BCUT2D eigenvalue weighted by atomic mass is 9.60. The molecule has 0 aromatic heterocycles. The van der Waals surface area contributed by atoms with Crippen LogP contribution in [-0.2, 0) is 16.0 Å².